The number of hydrogen-bond acceptors (Lipinski definition) is 3. The zero-order valence-electron chi connectivity index (χ0n) is 10.4. The normalized spacial score (nSPS) is 10.2. The first-order valence-electron chi connectivity index (χ1n) is 5.90. The van der Waals surface area contributed by atoms with Crippen LogP contribution in [0.2, 0.25) is 5.02 Å². The Morgan fingerprint density at radius 3 is 2.94 bits per heavy atom. The quantitative estimate of drug-likeness (QED) is 0.745. The third-order valence-electron chi connectivity index (χ3n) is 2.38. The van der Waals surface area contributed by atoms with Gasteiger partial charge in [-0.3, -0.25) is 4.79 Å². The molecule has 2 N–H and O–H groups in total. The number of aryl methyl sites for hydroxylation is 1. The van der Waals surface area contributed by atoms with Crippen LogP contribution in [0.4, 0.5) is 0 Å². The van der Waals surface area contributed by atoms with Gasteiger partial charge in [0.2, 0.25) is 5.91 Å². The number of nitrogens with one attached hydrogen (secondary N) is 1. The van der Waals surface area contributed by atoms with Crippen molar-refractivity contribution in [1.29, 1.82) is 0 Å². The van der Waals surface area contributed by atoms with Gasteiger partial charge in [0.25, 0.3) is 0 Å². The number of rotatable bonds is 7. The first-order chi connectivity index (χ1) is 8.63. The summed E-state index contributed by atoms with van der Waals surface area (Å²) in [6, 6.07) is 5.47. The van der Waals surface area contributed by atoms with E-state index in [1.54, 1.807) is 12.1 Å². The van der Waals surface area contributed by atoms with Gasteiger partial charge < -0.3 is 15.2 Å². The largest absolute Gasteiger partial charge is 0.494 e. The third-order valence-corrected chi connectivity index (χ3v) is 2.80. The van der Waals surface area contributed by atoms with Crippen LogP contribution < -0.4 is 10.1 Å². The Balaban J connectivity index is 2.21. The molecule has 0 aliphatic carbocycles. The van der Waals surface area contributed by atoms with Gasteiger partial charge in [0.1, 0.15) is 5.75 Å². The highest BCUT2D eigenvalue weighted by Crippen LogP contribution is 2.21. The summed E-state index contributed by atoms with van der Waals surface area (Å²) in [5.74, 6) is 0.688. The molecule has 0 spiro atoms. The molecule has 0 fully saturated rings. The number of carbonyl (C=O) groups excluding carboxylic acids is 1. The molecule has 100 valence electrons. The number of aliphatic hydroxyl groups is 1. The molecule has 0 bridgehead atoms. The van der Waals surface area contributed by atoms with Crippen LogP contribution in [0.15, 0.2) is 18.2 Å². The van der Waals surface area contributed by atoms with Crippen molar-refractivity contribution in [3.05, 3.63) is 28.8 Å². The minimum absolute atomic E-state index is 0.0354. The standard InChI is InChI=1S/C13H18ClNO3/c1-10-9-11(4-5-12(10)14)18-8-2-3-13(17)15-6-7-16/h4-5,9,16H,2-3,6-8H2,1H3,(H,15,17). The number of hydrogen-bond donors (Lipinski definition) is 2. The fourth-order valence-corrected chi connectivity index (χ4v) is 1.53. The van der Waals surface area contributed by atoms with Crippen LogP contribution in [0, 0.1) is 6.92 Å². The molecule has 5 heteroatoms. The van der Waals surface area contributed by atoms with Crippen LogP contribution in [-0.2, 0) is 4.79 Å². The molecule has 0 unspecified atom stereocenters. The van der Waals surface area contributed by atoms with Crippen molar-refractivity contribution in [3.63, 3.8) is 0 Å². The van der Waals surface area contributed by atoms with Crippen molar-refractivity contribution in [2.75, 3.05) is 19.8 Å². The summed E-state index contributed by atoms with van der Waals surface area (Å²) in [4.78, 5) is 11.2. The molecule has 0 saturated heterocycles. The topological polar surface area (TPSA) is 58.6 Å². The first kappa shape index (κ1) is 14.8. The highest BCUT2D eigenvalue weighted by molar-refractivity contribution is 6.31. The Morgan fingerprint density at radius 1 is 1.50 bits per heavy atom. The molecule has 0 radical (unpaired) electrons. The Hall–Kier alpha value is -1.26. The molecule has 4 nitrogen and oxygen atoms in total. The molecule has 1 aromatic carbocycles. The zero-order chi connectivity index (χ0) is 13.4. The molecule has 1 amide bonds. The molecule has 0 atom stereocenters. The van der Waals surface area contributed by atoms with Crippen molar-refractivity contribution in [2.24, 2.45) is 0 Å². The Bertz CT molecular complexity index is 396. The molecule has 18 heavy (non-hydrogen) atoms. The van der Waals surface area contributed by atoms with Gasteiger partial charge in [0.05, 0.1) is 13.2 Å². The molecule has 1 aromatic rings. The lowest BCUT2D eigenvalue weighted by molar-refractivity contribution is -0.121. The summed E-state index contributed by atoms with van der Waals surface area (Å²) in [6.45, 7) is 2.66. The minimum atomic E-state index is -0.0695. The van der Waals surface area contributed by atoms with E-state index in [1.807, 2.05) is 13.0 Å². The van der Waals surface area contributed by atoms with E-state index in [1.165, 1.54) is 0 Å². The Labute approximate surface area is 112 Å². The van der Waals surface area contributed by atoms with Crippen molar-refractivity contribution >= 4 is 17.5 Å². The smallest absolute Gasteiger partial charge is 0.220 e. The van der Waals surface area contributed by atoms with Crippen LogP contribution in [-0.4, -0.2) is 30.8 Å². The molecule has 0 aromatic heterocycles. The monoisotopic (exact) mass is 271 g/mol. The molecule has 1 rings (SSSR count). The minimum Gasteiger partial charge on any atom is -0.494 e. The molecule has 0 aliphatic heterocycles. The van der Waals surface area contributed by atoms with E-state index in [2.05, 4.69) is 5.32 Å². The van der Waals surface area contributed by atoms with Gasteiger partial charge in [-0.05, 0) is 37.1 Å². The molecule has 0 aliphatic rings. The second kappa shape index (κ2) is 7.95. The molecule has 0 heterocycles. The van der Waals surface area contributed by atoms with E-state index >= 15 is 0 Å². The summed E-state index contributed by atoms with van der Waals surface area (Å²) in [6.07, 6.45) is 1.03. The van der Waals surface area contributed by atoms with E-state index in [0.29, 0.717) is 31.0 Å². The van der Waals surface area contributed by atoms with Crippen molar-refractivity contribution in [2.45, 2.75) is 19.8 Å². The summed E-state index contributed by atoms with van der Waals surface area (Å²) >= 11 is 5.90. The Kier molecular flexibility index (Phi) is 6.54. The van der Waals surface area contributed by atoms with Gasteiger partial charge in [0, 0.05) is 18.0 Å². The van der Waals surface area contributed by atoms with Crippen LogP contribution in [0.1, 0.15) is 18.4 Å². The predicted molar refractivity (Wildman–Crippen MR) is 71.0 cm³/mol. The van der Waals surface area contributed by atoms with Crippen molar-refractivity contribution in [1.82, 2.24) is 5.32 Å². The maximum atomic E-state index is 11.2. The zero-order valence-corrected chi connectivity index (χ0v) is 11.2. The lowest BCUT2D eigenvalue weighted by atomic mass is 10.2. The van der Waals surface area contributed by atoms with Gasteiger partial charge in [-0.25, -0.2) is 0 Å². The van der Waals surface area contributed by atoms with E-state index in [4.69, 9.17) is 21.4 Å². The fraction of sp³-hybridized carbons (Fsp3) is 0.462. The van der Waals surface area contributed by atoms with Gasteiger partial charge in [-0.2, -0.15) is 0 Å². The molecular formula is C13H18ClNO3. The van der Waals surface area contributed by atoms with Gasteiger partial charge >= 0.3 is 0 Å². The van der Waals surface area contributed by atoms with Crippen LogP contribution in [0.3, 0.4) is 0 Å². The van der Waals surface area contributed by atoms with Gasteiger partial charge in [0.15, 0.2) is 0 Å². The third kappa shape index (κ3) is 5.38. The number of benzene rings is 1. The highest BCUT2D eigenvalue weighted by Gasteiger charge is 2.01. The summed E-state index contributed by atoms with van der Waals surface area (Å²) in [5.41, 5.74) is 0.967. The maximum absolute atomic E-state index is 11.2. The summed E-state index contributed by atoms with van der Waals surface area (Å²) < 4.78 is 5.51. The fourth-order valence-electron chi connectivity index (χ4n) is 1.41. The van der Waals surface area contributed by atoms with Crippen LogP contribution in [0.25, 0.3) is 0 Å². The predicted octanol–water partition coefficient (Wildman–Crippen LogP) is 1.92. The van der Waals surface area contributed by atoms with E-state index in [-0.39, 0.29) is 12.5 Å². The molecule has 0 saturated carbocycles. The maximum Gasteiger partial charge on any atom is 0.220 e. The number of aliphatic hydroxyl groups excluding tert-OH is 1. The van der Waals surface area contributed by atoms with E-state index in [0.717, 1.165) is 11.3 Å². The average molecular weight is 272 g/mol. The van der Waals surface area contributed by atoms with E-state index < -0.39 is 0 Å². The number of carbonyl (C=O) groups is 1. The van der Waals surface area contributed by atoms with Crippen molar-refractivity contribution < 1.29 is 14.6 Å². The van der Waals surface area contributed by atoms with Crippen LogP contribution >= 0.6 is 11.6 Å². The highest BCUT2D eigenvalue weighted by atomic mass is 35.5. The number of amides is 1. The second-order valence-corrected chi connectivity index (χ2v) is 4.34. The van der Waals surface area contributed by atoms with E-state index in [9.17, 15) is 4.79 Å². The average Bonchev–Trinajstić information content (AvgIpc) is 2.36. The first-order valence-corrected chi connectivity index (χ1v) is 6.28. The lowest BCUT2D eigenvalue weighted by Crippen LogP contribution is -2.26. The Morgan fingerprint density at radius 2 is 2.28 bits per heavy atom. The van der Waals surface area contributed by atoms with Crippen LogP contribution in [0.5, 0.6) is 5.75 Å². The number of ether oxygens (including phenoxy) is 1. The van der Waals surface area contributed by atoms with Crippen molar-refractivity contribution in [3.8, 4) is 5.75 Å². The number of halogens is 1. The SMILES string of the molecule is Cc1cc(OCCCC(=O)NCCO)ccc1Cl. The van der Waals surface area contributed by atoms with Gasteiger partial charge in [-0.15, -0.1) is 0 Å². The summed E-state index contributed by atoms with van der Waals surface area (Å²) in [7, 11) is 0. The lowest BCUT2D eigenvalue weighted by Gasteiger charge is -2.07. The summed E-state index contributed by atoms with van der Waals surface area (Å²) in [5, 5.41) is 11.8. The second-order valence-electron chi connectivity index (χ2n) is 3.94. The molecular weight excluding hydrogens is 254 g/mol. The van der Waals surface area contributed by atoms with Gasteiger partial charge in [-0.1, -0.05) is 11.6 Å².